The number of rotatable bonds is 5. The number of hydrogen-bond acceptors (Lipinski definition) is 1. The molecule has 0 aromatic heterocycles. The third-order valence-corrected chi connectivity index (χ3v) is 3.75. The number of benzene rings is 1. The van der Waals surface area contributed by atoms with E-state index in [4.69, 9.17) is 11.6 Å². The molecule has 136 valence electrons. The van der Waals surface area contributed by atoms with Gasteiger partial charge in [-0.1, -0.05) is 23.7 Å². The molecule has 0 radical (unpaired) electrons. The van der Waals surface area contributed by atoms with Gasteiger partial charge in [0.25, 0.3) is 0 Å². The van der Waals surface area contributed by atoms with Crippen LogP contribution in [0.25, 0.3) is 0 Å². The van der Waals surface area contributed by atoms with Crippen LogP contribution in [0.4, 0.5) is 39.5 Å². The standard InChI is InChI=1S/C11H5ClF9NOS/c12-7-3-1-6(2-4-7)5-22-24(23)11(20,21)9(15,16)8(13,14)10(17,18)19/h1-5H/t24-/m0/s1. The van der Waals surface area contributed by atoms with E-state index < -0.39 is 34.3 Å². The minimum atomic E-state index is -7.12. The fourth-order valence-corrected chi connectivity index (χ4v) is 2.02. The van der Waals surface area contributed by atoms with Crippen LogP contribution < -0.4 is 0 Å². The summed E-state index contributed by atoms with van der Waals surface area (Å²) >= 11 is 5.49. The fraction of sp³-hybridized carbons (Fsp3) is 0.364. The van der Waals surface area contributed by atoms with Crippen LogP contribution in [-0.4, -0.2) is 33.7 Å². The lowest BCUT2D eigenvalue weighted by Gasteiger charge is -2.31. The van der Waals surface area contributed by atoms with Gasteiger partial charge in [0.1, 0.15) is 0 Å². The van der Waals surface area contributed by atoms with Crippen molar-refractivity contribution in [1.82, 2.24) is 0 Å². The van der Waals surface area contributed by atoms with E-state index >= 15 is 0 Å². The monoisotopic (exact) mass is 405 g/mol. The molecule has 0 N–H and O–H groups in total. The van der Waals surface area contributed by atoms with Gasteiger partial charge >= 0.3 is 23.3 Å². The molecule has 2 nitrogen and oxygen atoms in total. The third-order valence-electron chi connectivity index (χ3n) is 2.50. The van der Waals surface area contributed by atoms with Crippen molar-refractivity contribution in [3.05, 3.63) is 34.9 Å². The van der Waals surface area contributed by atoms with Crippen LogP contribution in [0.1, 0.15) is 5.56 Å². The Morgan fingerprint density at radius 3 is 1.75 bits per heavy atom. The molecule has 0 aliphatic rings. The van der Waals surface area contributed by atoms with E-state index in [1.54, 1.807) is 0 Å². The highest BCUT2D eigenvalue weighted by Gasteiger charge is 2.83. The second kappa shape index (κ2) is 6.54. The summed E-state index contributed by atoms with van der Waals surface area (Å²) in [5, 5.41) is -6.09. The second-order valence-electron chi connectivity index (χ2n) is 4.20. The lowest BCUT2D eigenvalue weighted by Crippen LogP contribution is -2.61. The molecule has 0 aliphatic carbocycles. The first kappa shape index (κ1) is 20.7. The molecule has 1 aromatic carbocycles. The fourth-order valence-electron chi connectivity index (χ4n) is 1.19. The first-order valence-corrected chi connectivity index (χ1v) is 7.05. The van der Waals surface area contributed by atoms with Crippen molar-refractivity contribution in [2.75, 3.05) is 0 Å². The first-order chi connectivity index (χ1) is 10.6. The zero-order chi connectivity index (χ0) is 19.0. The van der Waals surface area contributed by atoms with Gasteiger partial charge in [-0.3, -0.25) is 0 Å². The molecule has 24 heavy (non-hydrogen) atoms. The highest BCUT2D eigenvalue weighted by atomic mass is 35.5. The van der Waals surface area contributed by atoms with E-state index in [-0.39, 0.29) is 10.6 Å². The van der Waals surface area contributed by atoms with Gasteiger partial charge < -0.3 is 0 Å². The molecular formula is C11H5ClF9NOS. The van der Waals surface area contributed by atoms with Gasteiger partial charge in [-0.05, 0) is 17.7 Å². The summed E-state index contributed by atoms with van der Waals surface area (Å²) in [6.45, 7) is 0. The van der Waals surface area contributed by atoms with Crippen molar-refractivity contribution in [2.45, 2.75) is 23.3 Å². The van der Waals surface area contributed by atoms with Gasteiger partial charge in [0.2, 0.25) is 11.0 Å². The summed E-state index contributed by atoms with van der Waals surface area (Å²) in [6, 6.07) is 4.64. The molecule has 0 fully saturated rings. The molecule has 1 atom stereocenters. The largest absolute Gasteiger partial charge is 0.460 e. The van der Waals surface area contributed by atoms with Gasteiger partial charge in [0.15, 0.2) is 0 Å². The van der Waals surface area contributed by atoms with Crippen LogP contribution in [-0.2, 0) is 11.0 Å². The van der Waals surface area contributed by atoms with E-state index in [9.17, 15) is 43.7 Å². The van der Waals surface area contributed by atoms with Crippen LogP contribution in [0.15, 0.2) is 28.7 Å². The Morgan fingerprint density at radius 1 is 0.875 bits per heavy atom. The number of nitrogens with zero attached hydrogens (tertiary/aromatic N) is 1. The van der Waals surface area contributed by atoms with Crippen molar-refractivity contribution in [1.29, 1.82) is 0 Å². The maximum atomic E-state index is 13.2. The normalized spacial score (nSPS) is 15.8. The lowest BCUT2D eigenvalue weighted by atomic mass is 10.1. The molecule has 0 saturated carbocycles. The zero-order valence-corrected chi connectivity index (χ0v) is 12.5. The molecule has 0 aliphatic heterocycles. The summed E-state index contributed by atoms with van der Waals surface area (Å²) < 4.78 is 127. The summed E-state index contributed by atoms with van der Waals surface area (Å²) in [7, 11) is -4.41. The number of alkyl halides is 9. The average Bonchev–Trinajstić information content (AvgIpc) is 2.44. The smallest absolute Gasteiger partial charge is 0.228 e. The van der Waals surface area contributed by atoms with Crippen LogP contribution in [0.3, 0.4) is 0 Å². The van der Waals surface area contributed by atoms with Crippen molar-refractivity contribution >= 4 is 28.8 Å². The zero-order valence-electron chi connectivity index (χ0n) is 10.9. The molecule has 0 amide bonds. The summed E-state index contributed by atoms with van der Waals surface area (Å²) in [4.78, 5) is 0. The topological polar surface area (TPSA) is 29.4 Å². The van der Waals surface area contributed by atoms with Gasteiger partial charge in [0, 0.05) is 11.2 Å². The summed E-state index contributed by atoms with van der Waals surface area (Å²) in [6.07, 6.45) is -6.65. The predicted molar refractivity (Wildman–Crippen MR) is 68.1 cm³/mol. The molecule has 0 unspecified atom stereocenters. The Hall–Kier alpha value is -1.30. The Kier molecular flexibility index (Phi) is 5.65. The van der Waals surface area contributed by atoms with Crippen LogP contribution in [0.5, 0.6) is 0 Å². The van der Waals surface area contributed by atoms with Gasteiger partial charge in [-0.15, -0.1) is 0 Å². The third kappa shape index (κ3) is 3.68. The van der Waals surface area contributed by atoms with Gasteiger partial charge in [-0.25, -0.2) is 4.21 Å². The van der Waals surface area contributed by atoms with E-state index in [0.29, 0.717) is 6.21 Å². The highest BCUT2D eigenvalue weighted by molar-refractivity contribution is 7.85. The van der Waals surface area contributed by atoms with E-state index in [1.807, 2.05) is 0 Å². The average molecular weight is 406 g/mol. The molecular weight excluding hydrogens is 401 g/mol. The summed E-state index contributed by atoms with van der Waals surface area (Å²) in [5.41, 5.74) is -0.0885. The SMILES string of the molecule is O=[S@](N=Cc1ccc(Cl)cc1)C(F)(F)C(F)(F)C(F)(F)C(F)(F)F. The van der Waals surface area contributed by atoms with Crippen molar-refractivity contribution in [3.8, 4) is 0 Å². The van der Waals surface area contributed by atoms with Crippen LogP contribution in [0.2, 0.25) is 5.02 Å². The maximum absolute atomic E-state index is 13.2. The number of hydrogen-bond donors (Lipinski definition) is 0. The lowest BCUT2D eigenvalue weighted by molar-refractivity contribution is -0.381. The Balaban J connectivity index is 3.13. The first-order valence-electron chi connectivity index (χ1n) is 5.56. The minimum Gasteiger partial charge on any atom is -0.228 e. The van der Waals surface area contributed by atoms with Crippen LogP contribution in [0, 0.1) is 0 Å². The molecule has 0 spiro atoms. The Morgan fingerprint density at radius 2 is 1.33 bits per heavy atom. The summed E-state index contributed by atoms with van der Waals surface area (Å²) in [5.74, 6) is -14.1. The van der Waals surface area contributed by atoms with E-state index in [1.165, 1.54) is 12.1 Å². The Labute approximate surface area is 135 Å². The highest BCUT2D eigenvalue weighted by Crippen LogP contribution is 2.54. The maximum Gasteiger partial charge on any atom is 0.460 e. The van der Waals surface area contributed by atoms with Crippen molar-refractivity contribution in [2.24, 2.45) is 4.40 Å². The predicted octanol–water partition coefficient (Wildman–Crippen LogP) is 4.85. The molecule has 0 bridgehead atoms. The number of halogens is 10. The quantitative estimate of drug-likeness (QED) is 0.509. The van der Waals surface area contributed by atoms with Gasteiger partial charge in [-0.2, -0.15) is 43.9 Å². The molecule has 1 aromatic rings. The van der Waals surface area contributed by atoms with Crippen molar-refractivity contribution < 1.29 is 43.7 Å². The van der Waals surface area contributed by atoms with E-state index in [2.05, 4.69) is 4.40 Å². The van der Waals surface area contributed by atoms with Crippen molar-refractivity contribution in [3.63, 3.8) is 0 Å². The second-order valence-corrected chi connectivity index (χ2v) is 5.86. The molecule has 0 saturated heterocycles. The van der Waals surface area contributed by atoms with Crippen LogP contribution >= 0.6 is 11.6 Å². The van der Waals surface area contributed by atoms with Gasteiger partial charge in [0.05, 0.1) is 0 Å². The molecule has 1 rings (SSSR count). The van der Waals surface area contributed by atoms with E-state index in [0.717, 1.165) is 12.1 Å². The Bertz CT molecular complexity index is 642. The molecule has 0 heterocycles. The minimum absolute atomic E-state index is 0.0885. The molecule has 13 heteroatoms.